The number of hydrogen-bond donors (Lipinski definition) is 1. The molecule has 4 rings (SSSR count). The standard InChI is InChI=1S/C24H23N5O2S/c1-2-29-23(21-10-6-7-15-25-21)27-28-24(29)32-17-22(30)26-19-11-13-20(14-12-19)31-16-18-8-4-3-5-9-18/h3-15H,2,16-17H2,1H3,(H,26,30). The summed E-state index contributed by atoms with van der Waals surface area (Å²) in [5.41, 5.74) is 2.58. The molecule has 0 saturated heterocycles. The van der Waals surface area contributed by atoms with Gasteiger partial charge in [0.2, 0.25) is 5.91 Å². The monoisotopic (exact) mass is 445 g/mol. The van der Waals surface area contributed by atoms with Gasteiger partial charge in [0.05, 0.1) is 5.75 Å². The number of benzene rings is 2. The highest BCUT2D eigenvalue weighted by Gasteiger charge is 2.15. The predicted octanol–water partition coefficient (Wildman–Crippen LogP) is 4.67. The van der Waals surface area contributed by atoms with Crippen LogP contribution in [0.25, 0.3) is 11.5 Å². The molecular formula is C24H23N5O2S. The molecule has 0 aliphatic heterocycles. The summed E-state index contributed by atoms with van der Waals surface area (Å²) in [7, 11) is 0. The van der Waals surface area contributed by atoms with E-state index in [1.807, 2.05) is 84.3 Å². The third kappa shape index (κ3) is 5.53. The molecule has 32 heavy (non-hydrogen) atoms. The minimum Gasteiger partial charge on any atom is -0.489 e. The zero-order chi connectivity index (χ0) is 22.2. The molecular weight excluding hydrogens is 422 g/mol. The molecule has 0 bridgehead atoms. The Morgan fingerprint density at radius 2 is 1.78 bits per heavy atom. The smallest absolute Gasteiger partial charge is 0.234 e. The lowest BCUT2D eigenvalue weighted by Crippen LogP contribution is -2.14. The molecule has 0 atom stereocenters. The van der Waals surface area contributed by atoms with Crippen molar-refractivity contribution in [2.24, 2.45) is 0 Å². The van der Waals surface area contributed by atoms with E-state index in [0.717, 1.165) is 17.0 Å². The van der Waals surface area contributed by atoms with Crippen LogP contribution in [0.1, 0.15) is 12.5 Å². The summed E-state index contributed by atoms with van der Waals surface area (Å²) >= 11 is 1.35. The van der Waals surface area contributed by atoms with Gasteiger partial charge in [0.25, 0.3) is 0 Å². The highest BCUT2D eigenvalue weighted by molar-refractivity contribution is 7.99. The molecule has 0 aliphatic carbocycles. The summed E-state index contributed by atoms with van der Waals surface area (Å²) in [4.78, 5) is 16.8. The van der Waals surface area contributed by atoms with E-state index >= 15 is 0 Å². The van der Waals surface area contributed by atoms with Gasteiger partial charge >= 0.3 is 0 Å². The number of rotatable bonds is 9. The summed E-state index contributed by atoms with van der Waals surface area (Å²) in [6.45, 7) is 3.20. The zero-order valence-electron chi connectivity index (χ0n) is 17.6. The van der Waals surface area contributed by atoms with E-state index in [1.165, 1.54) is 11.8 Å². The first kappa shape index (κ1) is 21.6. The number of carbonyl (C=O) groups is 1. The minimum absolute atomic E-state index is 0.113. The third-order valence-corrected chi connectivity index (χ3v) is 5.61. The van der Waals surface area contributed by atoms with Gasteiger partial charge in [0.1, 0.15) is 18.1 Å². The van der Waals surface area contributed by atoms with Crippen LogP contribution in [-0.4, -0.2) is 31.4 Å². The molecule has 0 radical (unpaired) electrons. The molecule has 162 valence electrons. The Bertz CT molecular complexity index is 1150. The molecule has 2 heterocycles. The Morgan fingerprint density at radius 1 is 1.00 bits per heavy atom. The van der Waals surface area contributed by atoms with Crippen molar-refractivity contribution in [3.05, 3.63) is 84.6 Å². The number of pyridine rings is 1. The van der Waals surface area contributed by atoms with Gasteiger partial charge in [0, 0.05) is 18.4 Å². The first-order chi connectivity index (χ1) is 15.7. The number of ether oxygens (including phenoxy) is 1. The van der Waals surface area contributed by atoms with E-state index in [1.54, 1.807) is 6.20 Å². The maximum absolute atomic E-state index is 12.4. The van der Waals surface area contributed by atoms with Crippen LogP contribution in [0.15, 0.2) is 84.1 Å². The first-order valence-electron chi connectivity index (χ1n) is 10.3. The summed E-state index contributed by atoms with van der Waals surface area (Å²) < 4.78 is 7.74. The molecule has 0 saturated carbocycles. The molecule has 1 amide bonds. The maximum atomic E-state index is 12.4. The van der Waals surface area contributed by atoms with Crippen LogP contribution in [0, 0.1) is 0 Å². The second-order valence-corrected chi connectivity index (χ2v) is 7.84. The lowest BCUT2D eigenvalue weighted by atomic mass is 10.2. The number of nitrogens with one attached hydrogen (secondary N) is 1. The number of carbonyl (C=O) groups excluding carboxylic acids is 1. The lowest BCUT2D eigenvalue weighted by Gasteiger charge is -2.09. The second kappa shape index (κ2) is 10.6. The van der Waals surface area contributed by atoms with Crippen molar-refractivity contribution in [1.29, 1.82) is 0 Å². The van der Waals surface area contributed by atoms with Crippen LogP contribution in [-0.2, 0) is 17.9 Å². The van der Waals surface area contributed by atoms with Gasteiger partial charge < -0.3 is 14.6 Å². The van der Waals surface area contributed by atoms with E-state index < -0.39 is 0 Å². The van der Waals surface area contributed by atoms with Gasteiger partial charge in [-0.25, -0.2) is 0 Å². The Hall–Kier alpha value is -3.65. The Kier molecular flexibility index (Phi) is 7.14. The van der Waals surface area contributed by atoms with Gasteiger partial charge in [-0.1, -0.05) is 48.2 Å². The van der Waals surface area contributed by atoms with Crippen molar-refractivity contribution in [2.45, 2.75) is 25.2 Å². The van der Waals surface area contributed by atoms with E-state index in [4.69, 9.17) is 4.74 Å². The van der Waals surface area contributed by atoms with Crippen LogP contribution in [0.2, 0.25) is 0 Å². The fourth-order valence-electron chi connectivity index (χ4n) is 3.07. The number of anilines is 1. The van der Waals surface area contributed by atoms with Gasteiger partial charge in [-0.05, 0) is 48.9 Å². The summed E-state index contributed by atoms with van der Waals surface area (Å²) in [5, 5.41) is 12.1. The lowest BCUT2D eigenvalue weighted by molar-refractivity contribution is -0.113. The number of nitrogens with zero attached hydrogens (tertiary/aromatic N) is 4. The molecule has 0 aliphatic rings. The zero-order valence-corrected chi connectivity index (χ0v) is 18.5. The Balaban J connectivity index is 1.30. The van der Waals surface area contributed by atoms with Gasteiger partial charge in [-0.2, -0.15) is 0 Å². The van der Waals surface area contributed by atoms with E-state index in [0.29, 0.717) is 29.8 Å². The Morgan fingerprint density at radius 3 is 2.50 bits per heavy atom. The molecule has 0 unspecified atom stereocenters. The topological polar surface area (TPSA) is 81.9 Å². The molecule has 0 spiro atoms. The van der Waals surface area contributed by atoms with Crippen LogP contribution in [0.4, 0.5) is 5.69 Å². The summed E-state index contributed by atoms with van der Waals surface area (Å²) in [5.74, 6) is 1.56. The highest BCUT2D eigenvalue weighted by Crippen LogP contribution is 2.23. The fourth-order valence-corrected chi connectivity index (χ4v) is 3.87. The second-order valence-electron chi connectivity index (χ2n) is 6.90. The van der Waals surface area contributed by atoms with Crippen molar-refractivity contribution in [3.63, 3.8) is 0 Å². The van der Waals surface area contributed by atoms with Gasteiger partial charge in [-0.15, -0.1) is 10.2 Å². The van der Waals surface area contributed by atoms with Crippen LogP contribution >= 0.6 is 11.8 Å². The SMILES string of the molecule is CCn1c(SCC(=O)Nc2ccc(OCc3ccccc3)cc2)nnc1-c1ccccn1. The Labute approximate surface area is 190 Å². The predicted molar refractivity (Wildman–Crippen MR) is 125 cm³/mol. The quantitative estimate of drug-likeness (QED) is 0.377. The number of hydrogen-bond acceptors (Lipinski definition) is 6. The molecule has 0 fully saturated rings. The number of thioether (sulfide) groups is 1. The number of aromatic nitrogens is 4. The van der Waals surface area contributed by atoms with Crippen molar-refractivity contribution in [3.8, 4) is 17.3 Å². The highest BCUT2D eigenvalue weighted by atomic mass is 32.2. The average Bonchev–Trinajstić information content (AvgIpc) is 3.26. The maximum Gasteiger partial charge on any atom is 0.234 e. The van der Waals surface area contributed by atoms with E-state index in [2.05, 4.69) is 20.5 Å². The molecule has 2 aromatic carbocycles. The van der Waals surface area contributed by atoms with Crippen LogP contribution in [0.5, 0.6) is 5.75 Å². The van der Waals surface area contributed by atoms with Crippen LogP contribution in [0.3, 0.4) is 0 Å². The first-order valence-corrected chi connectivity index (χ1v) is 11.3. The minimum atomic E-state index is -0.113. The van der Waals surface area contributed by atoms with E-state index in [-0.39, 0.29) is 11.7 Å². The van der Waals surface area contributed by atoms with Gasteiger partial charge in [-0.3, -0.25) is 9.78 Å². The van der Waals surface area contributed by atoms with Crippen LogP contribution < -0.4 is 10.1 Å². The van der Waals surface area contributed by atoms with Crippen molar-refractivity contribution in [1.82, 2.24) is 19.7 Å². The normalized spacial score (nSPS) is 10.7. The molecule has 4 aromatic rings. The van der Waals surface area contributed by atoms with E-state index in [9.17, 15) is 4.79 Å². The number of amides is 1. The summed E-state index contributed by atoms with van der Waals surface area (Å²) in [6.07, 6.45) is 1.72. The molecule has 1 N–H and O–H groups in total. The molecule has 2 aromatic heterocycles. The largest absolute Gasteiger partial charge is 0.489 e. The molecule has 7 nitrogen and oxygen atoms in total. The average molecular weight is 446 g/mol. The third-order valence-electron chi connectivity index (χ3n) is 4.65. The van der Waals surface area contributed by atoms with Crippen molar-refractivity contribution < 1.29 is 9.53 Å². The fraction of sp³-hybridized carbons (Fsp3) is 0.167. The van der Waals surface area contributed by atoms with Crippen molar-refractivity contribution >= 4 is 23.4 Å². The van der Waals surface area contributed by atoms with Crippen molar-refractivity contribution in [2.75, 3.05) is 11.1 Å². The van der Waals surface area contributed by atoms with Gasteiger partial charge in [0.15, 0.2) is 11.0 Å². The molecule has 8 heteroatoms. The summed E-state index contributed by atoms with van der Waals surface area (Å²) in [6, 6.07) is 23.0.